The molecule has 0 aromatic heterocycles. The van der Waals surface area contributed by atoms with Gasteiger partial charge in [0.2, 0.25) is 11.8 Å². The first-order valence-corrected chi connectivity index (χ1v) is 21.0. The fourth-order valence-electron chi connectivity index (χ4n) is 6.84. The van der Waals surface area contributed by atoms with Crippen molar-refractivity contribution < 1.29 is 92.5 Å². The SMILES string of the molecule is N[C@@H](CCC(=O)N(C(=O)CCCCCNC(=O)c1ccc(C2c3ccc(O)cc3OC3=CC(=O)C=CC32)c(C(=O)O)c1)[C@@H](COP(=O)(O)N[C@@H](CCC(=O)O)C(=O)O)C(=O)O)C(=O)O. The number of nitrogens with two attached hydrogens (primary N) is 1. The Morgan fingerprint density at radius 1 is 0.844 bits per heavy atom. The van der Waals surface area contributed by atoms with Crippen molar-refractivity contribution in [3.8, 4) is 11.5 Å². The van der Waals surface area contributed by atoms with Gasteiger partial charge in [0.25, 0.3) is 5.91 Å². The number of carbonyl (C=O) groups is 9. The van der Waals surface area contributed by atoms with E-state index in [0.717, 1.165) is 0 Å². The molecule has 2 aromatic rings. The first-order valence-electron chi connectivity index (χ1n) is 19.5. The number of amides is 3. The second kappa shape index (κ2) is 22.0. The number of carboxylic acid groups (broad SMARTS) is 5. The maximum Gasteiger partial charge on any atom is 0.403 e. The molecule has 2 aliphatic rings. The van der Waals surface area contributed by atoms with Gasteiger partial charge in [-0.15, -0.1) is 0 Å². The minimum absolute atomic E-state index is 0.00691. The van der Waals surface area contributed by atoms with E-state index in [0.29, 0.717) is 11.1 Å². The van der Waals surface area contributed by atoms with E-state index in [1.54, 1.807) is 17.2 Å². The number of aromatic hydroxyl groups is 1. The van der Waals surface area contributed by atoms with Gasteiger partial charge in [0.05, 0.1) is 12.2 Å². The van der Waals surface area contributed by atoms with E-state index < -0.39 is 124 Å². The number of nitrogens with one attached hydrogen (secondary N) is 2. The van der Waals surface area contributed by atoms with Crippen LogP contribution in [0.4, 0.5) is 0 Å². The van der Waals surface area contributed by atoms with E-state index in [-0.39, 0.29) is 64.9 Å². The molecule has 24 heteroatoms. The molecular formula is C40H45N4O19P. The van der Waals surface area contributed by atoms with Gasteiger partial charge in [-0.3, -0.25) is 43.0 Å². The van der Waals surface area contributed by atoms with Crippen LogP contribution in [0.3, 0.4) is 0 Å². The van der Waals surface area contributed by atoms with Gasteiger partial charge < -0.3 is 51.3 Å². The lowest BCUT2D eigenvalue weighted by atomic mass is 9.74. The monoisotopic (exact) mass is 916 g/mol. The van der Waals surface area contributed by atoms with Crippen LogP contribution in [0.25, 0.3) is 0 Å². The van der Waals surface area contributed by atoms with Crippen molar-refractivity contribution in [3.63, 3.8) is 0 Å². The molecule has 4 rings (SSSR count). The Hall–Kier alpha value is -6.78. The van der Waals surface area contributed by atoms with Crippen molar-refractivity contribution in [2.45, 2.75) is 75.4 Å². The lowest BCUT2D eigenvalue weighted by Crippen LogP contribution is -2.51. The van der Waals surface area contributed by atoms with Crippen molar-refractivity contribution in [1.29, 1.82) is 0 Å². The molecule has 0 spiro atoms. The zero-order valence-corrected chi connectivity index (χ0v) is 34.5. The third-order valence-electron chi connectivity index (χ3n) is 10.0. The summed E-state index contributed by atoms with van der Waals surface area (Å²) in [6.07, 6.45) is 1.38. The molecule has 23 nitrogen and oxygen atoms in total. The van der Waals surface area contributed by atoms with Gasteiger partial charge >= 0.3 is 37.6 Å². The number of phenols is 1. The average Bonchev–Trinajstić information content (AvgIpc) is 3.22. The Kier molecular flexibility index (Phi) is 17.2. The number of ketones is 1. The fraction of sp³-hybridized carbons (Fsp3) is 0.375. The third kappa shape index (κ3) is 13.4. The highest BCUT2D eigenvalue weighted by molar-refractivity contribution is 7.50. The number of hydrogen-bond donors (Lipinski definition) is 10. The summed E-state index contributed by atoms with van der Waals surface area (Å²) in [4.78, 5) is 121. The Morgan fingerprint density at radius 2 is 1.53 bits per heavy atom. The van der Waals surface area contributed by atoms with Gasteiger partial charge in [-0.1, -0.05) is 24.6 Å². The lowest BCUT2D eigenvalue weighted by Gasteiger charge is -2.35. The van der Waals surface area contributed by atoms with Crippen molar-refractivity contribution in [2.24, 2.45) is 11.7 Å². The average molecular weight is 917 g/mol. The van der Waals surface area contributed by atoms with Crippen LogP contribution >= 0.6 is 7.75 Å². The summed E-state index contributed by atoms with van der Waals surface area (Å²) in [7, 11) is -5.23. The third-order valence-corrected chi connectivity index (χ3v) is 11.2. The number of ether oxygens (including phenoxy) is 1. The smallest absolute Gasteiger partial charge is 0.403 e. The molecule has 0 bridgehead atoms. The molecule has 3 unspecified atom stereocenters. The fourth-order valence-corrected chi connectivity index (χ4v) is 7.89. The number of fused-ring (bicyclic) bond motifs is 2. The number of hydrogen-bond acceptors (Lipinski definition) is 14. The number of aromatic carboxylic acids is 1. The number of unbranched alkanes of at least 4 members (excludes halogenated alkanes) is 2. The van der Waals surface area contributed by atoms with Crippen LogP contribution in [0.15, 0.2) is 60.4 Å². The van der Waals surface area contributed by atoms with Gasteiger partial charge in [0.1, 0.15) is 29.3 Å². The van der Waals surface area contributed by atoms with E-state index in [1.807, 2.05) is 0 Å². The molecule has 6 atom stereocenters. The van der Waals surface area contributed by atoms with Crippen LogP contribution in [0, 0.1) is 5.92 Å². The van der Waals surface area contributed by atoms with E-state index in [9.17, 15) is 73.0 Å². The zero-order chi connectivity index (χ0) is 47.5. The molecule has 1 heterocycles. The highest BCUT2D eigenvalue weighted by atomic mass is 31.2. The van der Waals surface area contributed by atoms with Crippen LogP contribution in [0.1, 0.15) is 89.1 Å². The number of rotatable bonds is 24. The first-order chi connectivity index (χ1) is 30.1. The predicted octanol–water partition coefficient (Wildman–Crippen LogP) is 1.57. The largest absolute Gasteiger partial charge is 0.508 e. The maximum absolute atomic E-state index is 13.4. The summed E-state index contributed by atoms with van der Waals surface area (Å²) >= 11 is 0. The van der Waals surface area contributed by atoms with Crippen LogP contribution < -0.4 is 20.9 Å². The summed E-state index contributed by atoms with van der Waals surface area (Å²) in [5.41, 5.74) is 6.06. The van der Waals surface area contributed by atoms with Crippen LogP contribution in [0.2, 0.25) is 0 Å². The second-order valence-corrected chi connectivity index (χ2v) is 16.1. The first kappa shape index (κ1) is 49.9. The number of carbonyl (C=O) groups excluding carboxylic acids is 4. The number of allylic oxidation sites excluding steroid dienone is 3. The van der Waals surface area contributed by atoms with Gasteiger partial charge in [-0.05, 0) is 55.5 Å². The van der Waals surface area contributed by atoms with Gasteiger partial charge in [0.15, 0.2) is 11.8 Å². The summed E-state index contributed by atoms with van der Waals surface area (Å²) in [6.45, 7) is -1.35. The quantitative estimate of drug-likeness (QED) is 0.0527. The van der Waals surface area contributed by atoms with Crippen LogP contribution in [-0.2, 0) is 42.7 Å². The number of phenolic OH excluding ortho intramolecular Hbond substituents is 1. The van der Waals surface area contributed by atoms with Crippen molar-refractivity contribution >= 4 is 61.1 Å². The topological polar surface area (TPSA) is 384 Å². The molecular weight excluding hydrogens is 871 g/mol. The summed E-state index contributed by atoms with van der Waals surface area (Å²) in [5, 5.41) is 61.8. The maximum atomic E-state index is 13.4. The molecule has 3 amide bonds. The highest BCUT2D eigenvalue weighted by Crippen LogP contribution is 2.49. The highest BCUT2D eigenvalue weighted by Gasteiger charge is 2.40. The molecule has 11 N–H and O–H groups in total. The Balaban J connectivity index is 1.40. The molecule has 344 valence electrons. The summed E-state index contributed by atoms with van der Waals surface area (Å²) < 4.78 is 23.3. The Morgan fingerprint density at radius 3 is 2.17 bits per heavy atom. The molecule has 1 aliphatic carbocycles. The van der Waals surface area contributed by atoms with Crippen molar-refractivity contribution in [2.75, 3.05) is 13.2 Å². The van der Waals surface area contributed by atoms with Crippen molar-refractivity contribution in [1.82, 2.24) is 15.3 Å². The minimum atomic E-state index is -5.23. The summed E-state index contributed by atoms with van der Waals surface area (Å²) in [6, 6.07) is 2.60. The predicted molar refractivity (Wildman–Crippen MR) is 216 cm³/mol. The number of benzene rings is 2. The van der Waals surface area contributed by atoms with Gasteiger partial charge in [-0.2, -0.15) is 0 Å². The van der Waals surface area contributed by atoms with E-state index in [4.69, 9.17) is 25.2 Å². The minimum Gasteiger partial charge on any atom is -0.508 e. The van der Waals surface area contributed by atoms with E-state index in [1.165, 1.54) is 42.5 Å². The van der Waals surface area contributed by atoms with E-state index >= 15 is 0 Å². The van der Waals surface area contributed by atoms with Crippen LogP contribution in [-0.4, -0.2) is 125 Å². The molecule has 0 radical (unpaired) electrons. The zero-order valence-electron chi connectivity index (χ0n) is 33.7. The number of nitrogens with zero attached hydrogens (tertiary/aromatic N) is 1. The number of imide groups is 1. The molecule has 0 saturated heterocycles. The summed E-state index contributed by atoms with van der Waals surface area (Å²) in [5.74, 6) is -12.2. The van der Waals surface area contributed by atoms with Crippen molar-refractivity contribution in [3.05, 3.63) is 82.6 Å². The molecule has 0 fully saturated rings. The van der Waals surface area contributed by atoms with Gasteiger partial charge in [0, 0.05) is 60.9 Å². The molecule has 2 aromatic carbocycles. The number of carboxylic acids is 5. The second-order valence-electron chi connectivity index (χ2n) is 14.6. The molecule has 64 heavy (non-hydrogen) atoms. The molecule has 0 saturated carbocycles. The molecule has 1 aliphatic heterocycles. The van der Waals surface area contributed by atoms with E-state index in [2.05, 4.69) is 5.32 Å². The normalized spacial score (nSPS) is 17.5. The van der Waals surface area contributed by atoms with Gasteiger partial charge in [-0.25, -0.2) is 19.2 Å². The lowest BCUT2D eigenvalue weighted by molar-refractivity contribution is -0.159. The van der Waals surface area contributed by atoms with Crippen LogP contribution in [0.5, 0.6) is 11.5 Å². The Bertz CT molecular complexity index is 2310. The standard InChI is InChI=1S/C40H45N4O19P/c41-27(38(54)55)11-13-33(48)44(29(40(58)59)19-62-64(60,61)43-28(39(56)57)12-14-34(49)50)32(47)4-2-1-3-15-42-36(51)20-5-8-23(26(16-20)37(52)53)35-24-9-6-21(45)17-30(24)63-31-18-22(46)7-10-25(31)35/h5-10,16-18,24,27-29,35,46H,1-4,11-15,19,41H2,(H,42,51)(H,49,50)(H,52,53)(H,54,55)(H,56,57)(H,58,59)(H2,43,60,61)/t24?,27-,28-,29-,35?/m0/s1. The Labute approximate surface area is 362 Å². The number of aliphatic carboxylic acids is 4.